The minimum Gasteiger partial charge on any atom is -0.497 e. The van der Waals surface area contributed by atoms with Crippen LogP contribution in [0.5, 0.6) is 11.5 Å². The van der Waals surface area contributed by atoms with Gasteiger partial charge in [-0.25, -0.2) is 4.79 Å². The highest BCUT2D eigenvalue weighted by molar-refractivity contribution is 5.79. The van der Waals surface area contributed by atoms with E-state index in [0.717, 1.165) is 40.2 Å². The average Bonchev–Trinajstić information content (AvgIpc) is 3.16. The summed E-state index contributed by atoms with van der Waals surface area (Å²) in [5.74, 6) is 1.68. The van der Waals surface area contributed by atoms with E-state index in [-0.39, 0.29) is 12.1 Å². The van der Waals surface area contributed by atoms with Crippen molar-refractivity contribution in [3.8, 4) is 22.6 Å². The summed E-state index contributed by atoms with van der Waals surface area (Å²) in [5, 5.41) is 12.0. The first-order valence-electron chi connectivity index (χ1n) is 10.9. The van der Waals surface area contributed by atoms with Gasteiger partial charge in [-0.2, -0.15) is 0 Å². The average molecular weight is 432 g/mol. The summed E-state index contributed by atoms with van der Waals surface area (Å²) in [7, 11) is 1.68. The molecule has 0 fully saturated rings. The van der Waals surface area contributed by atoms with Crippen LogP contribution in [-0.4, -0.2) is 30.5 Å². The number of carboxylic acid groups (broad SMARTS) is 1. The lowest BCUT2D eigenvalue weighted by atomic mass is 9.92. The molecule has 0 radical (unpaired) electrons. The zero-order valence-corrected chi connectivity index (χ0v) is 18.7. The van der Waals surface area contributed by atoms with Crippen LogP contribution in [0.1, 0.15) is 28.7 Å². The van der Waals surface area contributed by atoms with Crippen molar-refractivity contribution in [3.05, 3.63) is 82.9 Å². The lowest BCUT2D eigenvalue weighted by molar-refractivity contribution is 0.175. The lowest BCUT2D eigenvalue weighted by Gasteiger charge is -2.21. The van der Waals surface area contributed by atoms with Crippen molar-refractivity contribution in [1.82, 2.24) is 5.32 Å². The molecule has 1 aliphatic rings. The van der Waals surface area contributed by atoms with Crippen molar-refractivity contribution >= 4 is 6.09 Å². The Kier molecular flexibility index (Phi) is 6.35. The Morgan fingerprint density at radius 1 is 1.12 bits per heavy atom. The Morgan fingerprint density at radius 2 is 1.84 bits per heavy atom. The predicted octanol–water partition coefficient (Wildman–Crippen LogP) is 5.55. The molecule has 0 saturated carbocycles. The van der Waals surface area contributed by atoms with Gasteiger partial charge in [0.2, 0.25) is 0 Å². The normalized spacial score (nSPS) is 15.5. The van der Waals surface area contributed by atoms with Gasteiger partial charge in [-0.3, -0.25) is 0 Å². The largest absolute Gasteiger partial charge is 0.497 e. The van der Waals surface area contributed by atoms with E-state index in [4.69, 9.17) is 9.47 Å². The van der Waals surface area contributed by atoms with Crippen LogP contribution in [0.15, 0.2) is 60.7 Å². The van der Waals surface area contributed by atoms with Crippen LogP contribution < -0.4 is 14.8 Å². The third kappa shape index (κ3) is 4.72. The third-order valence-corrected chi connectivity index (χ3v) is 6.06. The molecule has 2 atom stereocenters. The molecule has 4 rings (SSSR count). The predicted molar refractivity (Wildman–Crippen MR) is 126 cm³/mol. The van der Waals surface area contributed by atoms with Crippen LogP contribution in [0.4, 0.5) is 4.79 Å². The highest BCUT2D eigenvalue weighted by Crippen LogP contribution is 2.44. The second-order valence-corrected chi connectivity index (χ2v) is 8.45. The number of benzene rings is 3. The molecule has 5 heteroatoms. The number of fused-ring (bicyclic) bond motifs is 1. The summed E-state index contributed by atoms with van der Waals surface area (Å²) in [6, 6.07) is 20.0. The van der Waals surface area contributed by atoms with E-state index in [1.807, 2.05) is 42.5 Å². The highest BCUT2D eigenvalue weighted by atomic mass is 16.5. The summed E-state index contributed by atoms with van der Waals surface area (Å²) < 4.78 is 12.0. The molecule has 166 valence electrons. The molecule has 1 heterocycles. The van der Waals surface area contributed by atoms with Crippen LogP contribution in [0.25, 0.3) is 11.1 Å². The quantitative estimate of drug-likeness (QED) is 0.515. The number of ether oxygens (including phenoxy) is 2. The van der Waals surface area contributed by atoms with E-state index in [1.165, 1.54) is 11.1 Å². The molecule has 5 nitrogen and oxygen atoms in total. The van der Waals surface area contributed by atoms with E-state index >= 15 is 0 Å². The number of rotatable bonds is 7. The Hall–Kier alpha value is -3.47. The minimum atomic E-state index is -1.01. The van der Waals surface area contributed by atoms with Crippen molar-refractivity contribution in [3.63, 3.8) is 0 Å². The number of aryl methyl sites for hydroxylation is 2. The highest BCUT2D eigenvalue weighted by Gasteiger charge is 2.30. The van der Waals surface area contributed by atoms with Crippen LogP contribution >= 0.6 is 0 Å². The smallest absolute Gasteiger partial charge is 0.404 e. The van der Waals surface area contributed by atoms with Gasteiger partial charge in [0.15, 0.2) is 0 Å². The van der Waals surface area contributed by atoms with Gasteiger partial charge in [-0.15, -0.1) is 0 Å². The maximum Gasteiger partial charge on any atom is 0.404 e. The van der Waals surface area contributed by atoms with Gasteiger partial charge in [0, 0.05) is 30.0 Å². The minimum absolute atomic E-state index is 0.110. The molecular weight excluding hydrogens is 402 g/mol. The van der Waals surface area contributed by atoms with Gasteiger partial charge < -0.3 is 19.9 Å². The molecule has 0 saturated heterocycles. The third-order valence-electron chi connectivity index (χ3n) is 6.06. The number of carbonyl (C=O) groups is 1. The first-order valence-corrected chi connectivity index (χ1v) is 10.9. The van der Waals surface area contributed by atoms with Gasteiger partial charge in [-0.1, -0.05) is 48.5 Å². The summed E-state index contributed by atoms with van der Waals surface area (Å²) in [5.41, 5.74) is 6.75. The molecule has 0 spiro atoms. The molecule has 3 aromatic rings. The van der Waals surface area contributed by atoms with E-state index < -0.39 is 6.09 Å². The van der Waals surface area contributed by atoms with Crippen molar-refractivity contribution in [2.45, 2.75) is 45.3 Å². The van der Waals surface area contributed by atoms with Gasteiger partial charge in [-0.05, 0) is 54.7 Å². The van der Waals surface area contributed by atoms with E-state index in [0.29, 0.717) is 12.8 Å². The fraction of sp³-hybridized carbons (Fsp3) is 0.296. The molecule has 1 aliphatic heterocycles. The molecule has 2 N–H and O–H groups in total. The molecule has 3 aromatic carbocycles. The Balaban J connectivity index is 1.62. The molecule has 2 unspecified atom stereocenters. The second-order valence-electron chi connectivity index (χ2n) is 8.45. The SMILES string of the molecule is COc1cc2c(c(-c3c(C)cccc3C)c1)OC(CC(Cc1ccccc1)NC(=O)O)C2. The summed E-state index contributed by atoms with van der Waals surface area (Å²) >= 11 is 0. The first-order chi connectivity index (χ1) is 15.4. The molecule has 1 amide bonds. The molecule has 0 bridgehead atoms. The fourth-order valence-electron chi connectivity index (χ4n) is 4.66. The maximum atomic E-state index is 11.4. The Bertz CT molecular complexity index is 1090. The summed E-state index contributed by atoms with van der Waals surface area (Å²) in [4.78, 5) is 11.4. The van der Waals surface area contributed by atoms with Crippen LogP contribution in [0.3, 0.4) is 0 Å². The summed E-state index contributed by atoms with van der Waals surface area (Å²) in [6.45, 7) is 4.21. The van der Waals surface area contributed by atoms with Crippen LogP contribution in [-0.2, 0) is 12.8 Å². The Labute approximate surface area is 189 Å². The summed E-state index contributed by atoms with van der Waals surface area (Å²) in [6.07, 6.45) is 0.804. The monoisotopic (exact) mass is 431 g/mol. The number of methoxy groups -OCH3 is 1. The number of nitrogens with one attached hydrogen (secondary N) is 1. The topological polar surface area (TPSA) is 67.8 Å². The number of amides is 1. The van der Waals surface area contributed by atoms with Crippen molar-refractivity contribution in [2.75, 3.05) is 7.11 Å². The second kappa shape index (κ2) is 9.35. The van der Waals surface area contributed by atoms with Crippen LogP contribution in [0.2, 0.25) is 0 Å². The molecule has 0 aromatic heterocycles. The maximum absolute atomic E-state index is 11.4. The molecule has 0 aliphatic carbocycles. The molecular formula is C27H29NO4. The fourth-order valence-corrected chi connectivity index (χ4v) is 4.66. The van der Waals surface area contributed by atoms with Gasteiger partial charge in [0.05, 0.1) is 7.11 Å². The van der Waals surface area contributed by atoms with E-state index in [2.05, 4.69) is 37.4 Å². The van der Waals surface area contributed by atoms with Crippen LogP contribution in [0, 0.1) is 13.8 Å². The van der Waals surface area contributed by atoms with E-state index in [1.54, 1.807) is 7.11 Å². The number of hydrogen-bond acceptors (Lipinski definition) is 3. The molecule has 32 heavy (non-hydrogen) atoms. The lowest BCUT2D eigenvalue weighted by Crippen LogP contribution is -2.39. The van der Waals surface area contributed by atoms with Gasteiger partial charge >= 0.3 is 6.09 Å². The van der Waals surface area contributed by atoms with Gasteiger partial charge in [0.25, 0.3) is 0 Å². The van der Waals surface area contributed by atoms with E-state index in [9.17, 15) is 9.90 Å². The van der Waals surface area contributed by atoms with Gasteiger partial charge in [0.1, 0.15) is 17.6 Å². The first kappa shape index (κ1) is 21.8. The van der Waals surface area contributed by atoms with Crippen molar-refractivity contribution < 1.29 is 19.4 Å². The van der Waals surface area contributed by atoms with Crippen molar-refractivity contribution in [1.29, 1.82) is 0 Å². The Morgan fingerprint density at radius 3 is 2.50 bits per heavy atom. The number of hydrogen-bond donors (Lipinski definition) is 2. The zero-order chi connectivity index (χ0) is 22.7. The standard InChI is InChI=1S/C27H29NO4/c1-17-8-7-9-18(2)25(17)24-16-22(31-3)13-20-14-23(32-26(20)24)15-21(28-27(29)30)12-19-10-5-4-6-11-19/h4-11,13,16,21,23,28H,12,14-15H2,1-3H3,(H,29,30). The zero-order valence-electron chi connectivity index (χ0n) is 18.7. The van der Waals surface area contributed by atoms with Crippen molar-refractivity contribution in [2.24, 2.45) is 0 Å².